The maximum Gasteiger partial charge on any atom is 0.416 e. The van der Waals surface area contributed by atoms with E-state index >= 15 is 0 Å². The molecule has 2 heterocycles. The average molecular weight is 631 g/mol. The number of rotatable bonds is 11. The number of hydrogen-bond donors (Lipinski definition) is 1. The van der Waals surface area contributed by atoms with Crippen LogP contribution in [0.25, 0.3) is 21.5 Å². The fourth-order valence-corrected chi connectivity index (χ4v) is 6.09. The van der Waals surface area contributed by atoms with Crippen molar-refractivity contribution >= 4 is 39.8 Å². The van der Waals surface area contributed by atoms with E-state index in [2.05, 4.69) is 4.98 Å². The number of nitrogens with one attached hydrogen (secondary N) is 1. The van der Waals surface area contributed by atoms with Crippen molar-refractivity contribution in [3.8, 4) is 16.3 Å². The minimum atomic E-state index is -4.43. The molecule has 5 rings (SSSR count). The summed E-state index contributed by atoms with van der Waals surface area (Å²) in [6.07, 6.45) is -1.35. The minimum Gasteiger partial charge on any atom is -0.493 e. The number of halogens is 5. The second-order valence-electron chi connectivity index (χ2n) is 9.77. The molecule has 0 unspecified atom stereocenters. The third-order valence-corrected chi connectivity index (χ3v) is 8.45. The smallest absolute Gasteiger partial charge is 0.416 e. The highest BCUT2D eigenvalue weighted by molar-refractivity contribution is 7.15. The molecule has 224 valence electrons. The van der Waals surface area contributed by atoms with Gasteiger partial charge in [0.05, 0.1) is 30.9 Å². The summed E-state index contributed by atoms with van der Waals surface area (Å²) < 4.78 is 64.8. The van der Waals surface area contributed by atoms with E-state index < -0.39 is 17.6 Å². The number of esters is 1. The quantitative estimate of drug-likeness (QED) is 0.117. The Labute approximate surface area is 254 Å². The highest BCUT2D eigenvalue weighted by Crippen LogP contribution is 2.34. The molecule has 0 atom stereocenters. The molecule has 3 aromatic carbocycles. The molecule has 5 aromatic rings. The second kappa shape index (κ2) is 13.2. The van der Waals surface area contributed by atoms with Gasteiger partial charge in [0, 0.05) is 44.5 Å². The van der Waals surface area contributed by atoms with E-state index in [0.29, 0.717) is 65.1 Å². The van der Waals surface area contributed by atoms with Crippen LogP contribution in [0.3, 0.4) is 0 Å². The van der Waals surface area contributed by atoms with Crippen molar-refractivity contribution in [1.82, 2.24) is 9.97 Å². The molecular formula is C32H27ClF4N2O3S. The van der Waals surface area contributed by atoms with Gasteiger partial charge in [-0.2, -0.15) is 13.2 Å². The number of aryl methyl sites for hydroxylation is 1. The summed E-state index contributed by atoms with van der Waals surface area (Å²) in [5.41, 5.74) is 2.58. The first-order chi connectivity index (χ1) is 20.6. The highest BCUT2D eigenvalue weighted by Gasteiger charge is 2.30. The van der Waals surface area contributed by atoms with E-state index in [0.717, 1.165) is 33.5 Å². The van der Waals surface area contributed by atoms with Crippen molar-refractivity contribution < 1.29 is 31.8 Å². The van der Waals surface area contributed by atoms with E-state index in [-0.39, 0.29) is 12.4 Å². The van der Waals surface area contributed by atoms with Gasteiger partial charge in [0.25, 0.3) is 0 Å². The maximum atomic E-state index is 14.4. The zero-order chi connectivity index (χ0) is 30.6. The average Bonchev–Trinajstić information content (AvgIpc) is 3.56. The van der Waals surface area contributed by atoms with Crippen LogP contribution in [0.5, 0.6) is 5.75 Å². The molecule has 0 fully saturated rings. The molecule has 43 heavy (non-hydrogen) atoms. The van der Waals surface area contributed by atoms with E-state index in [4.69, 9.17) is 26.1 Å². The third-order valence-electron chi connectivity index (χ3n) is 6.89. The van der Waals surface area contributed by atoms with Crippen LogP contribution < -0.4 is 4.74 Å². The Hall–Kier alpha value is -3.89. The summed E-state index contributed by atoms with van der Waals surface area (Å²) in [5.74, 6) is -0.101. The predicted octanol–water partition coefficient (Wildman–Crippen LogP) is 8.62. The van der Waals surface area contributed by atoms with E-state index in [1.807, 2.05) is 18.2 Å². The molecule has 0 amide bonds. The number of thiazole rings is 1. The number of benzene rings is 3. The van der Waals surface area contributed by atoms with Crippen LogP contribution in [0.4, 0.5) is 17.6 Å². The predicted molar refractivity (Wildman–Crippen MR) is 159 cm³/mol. The molecule has 0 aliphatic heterocycles. The van der Waals surface area contributed by atoms with Gasteiger partial charge in [-0.15, -0.1) is 11.3 Å². The lowest BCUT2D eigenvalue weighted by Gasteiger charge is -2.08. The molecule has 0 saturated heterocycles. The molecule has 0 radical (unpaired) electrons. The fraction of sp³-hybridized carbons (Fsp3) is 0.250. The van der Waals surface area contributed by atoms with Gasteiger partial charge in [-0.05, 0) is 67.8 Å². The van der Waals surface area contributed by atoms with Crippen LogP contribution in [-0.4, -0.2) is 29.2 Å². The molecule has 0 aliphatic rings. The number of carbonyl (C=O) groups excluding carboxylic acids is 1. The number of aromatic nitrogens is 2. The van der Waals surface area contributed by atoms with Gasteiger partial charge in [0.1, 0.15) is 16.6 Å². The Morgan fingerprint density at radius 1 is 1.05 bits per heavy atom. The normalized spacial score (nSPS) is 11.7. The molecule has 0 spiro atoms. The number of hydrogen-bond acceptors (Lipinski definition) is 5. The SMILES string of the molecule is CCOC(=O)Cc1c[nH]c2ccc(OCCc3sc(-c4ccc(C(F)(F)F)cc4)nc3CCc3c(F)cccc3Cl)cc12. The first kappa shape index (κ1) is 30.6. The van der Waals surface area contributed by atoms with E-state index in [1.54, 1.807) is 25.3 Å². The van der Waals surface area contributed by atoms with E-state index in [1.165, 1.54) is 29.5 Å². The van der Waals surface area contributed by atoms with Crippen LogP contribution >= 0.6 is 22.9 Å². The topological polar surface area (TPSA) is 64.2 Å². The maximum absolute atomic E-state index is 14.4. The van der Waals surface area contributed by atoms with Gasteiger partial charge in [-0.25, -0.2) is 9.37 Å². The number of nitrogens with zero attached hydrogens (tertiary/aromatic N) is 1. The molecular weight excluding hydrogens is 604 g/mol. The van der Waals surface area contributed by atoms with Crippen molar-refractivity contribution in [2.45, 2.75) is 38.8 Å². The van der Waals surface area contributed by atoms with Crippen molar-refractivity contribution in [2.75, 3.05) is 13.2 Å². The Balaban J connectivity index is 1.34. The Kier molecular flexibility index (Phi) is 9.37. The summed E-state index contributed by atoms with van der Waals surface area (Å²) in [5, 5.41) is 1.75. The van der Waals surface area contributed by atoms with Crippen LogP contribution in [-0.2, 0) is 41.4 Å². The summed E-state index contributed by atoms with van der Waals surface area (Å²) in [4.78, 5) is 20.8. The lowest BCUT2D eigenvalue weighted by atomic mass is 10.1. The number of carbonyl (C=O) groups is 1. The first-order valence-electron chi connectivity index (χ1n) is 13.6. The van der Waals surface area contributed by atoms with Gasteiger partial charge in [0.15, 0.2) is 0 Å². The highest BCUT2D eigenvalue weighted by atomic mass is 35.5. The zero-order valence-corrected chi connectivity index (χ0v) is 24.6. The Morgan fingerprint density at radius 2 is 1.84 bits per heavy atom. The Bertz CT molecular complexity index is 1710. The first-order valence-corrected chi connectivity index (χ1v) is 14.8. The van der Waals surface area contributed by atoms with Crippen LogP contribution in [0.1, 0.15) is 34.2 Å². The summed E-state index contributed by atoms with van der Waals surface area (Å²) in [7, 11) is 0. The monoisotopic (exact) mass is 630 g/mol. The molecule has 2 aromatic heterocycles. The second-order valence-corrected chi connectivity index (χ2v) is 11.3. The van der Waals surface area contributed by atoms with Crippen molar-refractivity contribution in [3.63, 3.8) is 0 Å². The van der Waals surface area contributed by atoms with Gasteiger partial charge in [0.2, 0.25) is 0 Å². The van der Waals surface area contributed by atoms with Gasteiger partial charge in [-0.3, -0.25) is 4.79 Å². The van der Waals surface area contributed by atoms with Crippen molar-refractivity contribution in [3.05, 3.63) is 105 Å². The van der Waals surface area contributed by atoms with Crippen molar-refractivity contribution in [1.29, 1.82) is 0 Å². The van der Waals surface area contributed by atoms with Crippen LogP contribution in [0.15, 0.2) is 66.9 Å². The van der Waals surface area contributed by atoms with Crippen molar-refractivity contribution in [2.24, 2.45) is 0 Å². The lowest BCUT2D eigenvalue weighted by Crippen LogP contribution is -2.07. The summed E-state index contributed by atoms with van der Waals surface area (Å²) in [6, 6.07) is 15.0. The van der Waals surface area contributed by atoms with Crippen LogP contribution in [0.2, 0.25) is 5.02 Å². The molecule has 1 N–H and O–H groups in total. The minimum absolute atomic E-state index is 0.139. The zero-order valence-electron chi connectivity index (χ0n) is 23.1. The third kappa shape index (κ3) is 7.37. The Morgan fingerprint density at radius 3 is 2.56 bits per heavy atom. The lowest BCUT2D eigenvalue weighted by molar-refractivity contribution is -0.142. The standard InChI is InChI=1S/C32H27ClF4N2O3S/c1-2-41-30(40)16-20-18-38-27-12-10-22(17-24(20)27)42-15-14-29-28(13-11-23-25(33)4-3-5-26(23)34)39-31(43-29)19-6-8-21(9-7-19)32(35,36)37/h3-10,12,17-18,38H,2,11,13-16H2,1H3. The van der Waals surface area contributed by atoms with Gasteiger partial charge >= 0.3 is 12.1 Å². The number of H-pyrrole nitrogens is 1. The number of aromatic amines is 1. The van der Waals surface area contributed by atoms with Gasteiger partial charge < -0.3 is 14.5 Å². The summed E-state index contributed by atoms with van der Waals surface area (Å²) >= 11 is 7.60. The van der Waals surface area contributed by atoms with Crippen LogP contribution in [0, 0.1) is 5.82 Å². The fourth-order valence-electron chi connectivity index (χ4n) is 4.74. The largest absolute Gasteiger partial charge is 0.493 e. The summed E-state index contributed by atoms with van der Waals surface area (Å²) in [6.45, 7) is 2.36. The number of alkyl halides is 3. The van der Waals surface area contributed by atoms with E-state index in [9.17, 15) is 22.4 Å². The van der Waals surface area contributed by atoms with Gasteiger partial charge in [-0.1, -0.05) is 29.8 Å². The molecule has 11 heteroatoms. The number of fused-ring (bicyclic) bond motifs is 1. The molecule has 0 aliphatic carbocycles. The number of ether oxygens (including phenoxy) is 2. The molecule has 0 bridgehead atoms. The molecule has 5 nitrogen and oxygen atoms in total. The molecule has 0 saturated carbocycles.